The zero-order valence-electron chi connectivity index (χ0n) is 8.32. The summed E-state index contributed by atoms with van der Waals surface area (Å²) in [4.78, 5) is 0. The minimum atomic E-state index is 0.142. The van der Waals surface area contributed by atoms with Crippen LogP contribution in [0.25, 0.3) is 0 Å². The van der Waals surface area contributed by atoms with E-state index in [0.29, 0.717) is 5.02 Å². The van der Waals surface area contributed by atoms with E-state index < -0.39 is 0 Å². The standard InChI is InChI=1S/C11H14ClNO2/c12-8-1-3-10(4-2-8)15-11-5-9(7-14)13-6-11/h1-4,9,11,13-14H,5-7H2/t9-,11-/m0/s1. The Kier molecular flexibility index (Phi) is 3.46. The van der Waals surface area contributed by atoms with Crippen molar-refractivity contribution < 1.29 is 9.84 Å². The average molecular weight is 228 g/mol. The predicted octanol–water partition coefficient (Wildman–Crippen LogP) is 1.44. The number of nitrogens with one attached hydrogen (secondary N) is 1. The Hall–Kier alpha value is -0.770. The molecule has 0 unspecified atom stereocenters. The SMILES string of the molecule is OC[C@@H]1C[C@H](Oc2ccc(Cl)cc2)CN1. The Morgan fingerprint density at radius 2 is 2.13 bits per heavy atom. The number of benzene rings is 1. The van der Waals surface area contributed by atoms with Crippen LogP contribution in [0.15, 0.2) is 24.3 Å². The highest BCUT2D eigenvalue weighted by Gasteiger charge is 2.24. The summed E-state index contributed by atoms with van der Waals surface area (Å²) < 4.78 is 5.73. The molecule has 0 aliphatic carbocycles. The summed E-state index contributed by atoms with van der Waals surface area (Å²) in [6.07, 6.45) is 0.988. The second-order valence-electron chi connectivity index (χ2n) is 3.72. The minimum absolute atomic E-state index is 0.142. The first-order valence-electron chi connectivity index (χ1n) is 5.04. The number of halogens is 1. The zero-order chi connectivity index (χ0) is 10.7. The lowest BCUT2D eigenvalue weighted by atomic mass is 10.2. The number of hydrogen-bond acceptors (Lipinski definition) is 3. The van der Waals surface area contributed by atoms with E-state index in [1.807, 2.05) is 24.3 Å². The molecule has 1 heterocycles. The molecule has 0 spiro atoms. The topological polar surface area (TPSA) is 41.5 Å². The molecule has 1 aromatic carbocycles. The molecule has 4 heteroatoms. The van der Waals surface area contributed by atoms with Gasteiger partial charge in [0.1, 0.15) is 11.9 Å². The Labute approximate surface area is 94.0 Å². The van der Waals surface area contributed by atoms with Crippen molar-refractivity contribution in [3.05, 3.63) is 29.3 Å². The lowest BCUT2D eigenvalue weighted by Crippen LogP contribution is -2.25. The van der Waals surface area contributed by atoms with Gasteiger partial charge in [0.15, 0.2) is 0 Å². The van der Waals surface area contributed by atoms with Gasteiger partial charge >= 0.3 is 0 Å². The molecule has 82 valence electrons. The highest BCUT2D eigenvalue weighted by atomic mass is 35.5. The molecule has 0 radical (unpaired) electrons. The summed E-state index contributed by atoms with van der Waals surface area (Å²) >= 11 is 5.77. The van der Waals surface area contributed by atoms with Crippen LogP contribution in [0.1, 0.15) is 6.42 Å². The molecule has 0 aromatic heterocycles. The van der Waals surface area contributed by atoms with E-state index in [9.17, 15) is 0 Å². The largest absolute Gasteiger partial charge is 0.489 e. The monoisotopic (exact) mass is 227 g/mol. The second kappa shape index (κ2) is 4.84. The summed E-state index contributed by atoms with van der Waals surface area (Å²) in [6.45, 7) is 0.953. The molecule has 1 aliphatic heterocycles. The molecule has 1 aromatic rings. The van der Waals surface area contributed by atoms with Gasteiger partial charge in [0.25, 0.3) is 0 Å². The van der Waals surface area contributed by atoms with Crippen molar-refractivity contribution in [1.82, 2.24) is 5.32 Å². The van der Waals surface area contributed by atoms with Gasteiger partial charge in [-0.2, -0.15) is 0 Å². The van der Waals surface area contributed by atoms with Crippen molar-refractivity contribution in [2.75, 3.05) is 13.2 Å². The van der Waals surface area contributed by atoms with Gasteiger partial charge in [0.05, 0.1) is 6.61 Å². The zero-order valence-corrected chi connectivity index (χ0v) is 9.07. The van der Waals surface area contributed by atoms with E-state index >= 15 is 0 Å². The van der Waals surface area contributed by atoms with E-state index in [2.05, 4.69) is 5.32 Å². The minimum Gasteiger partial charge on any atom is -0.489 e. The molecule has 3 nitrogen and oxygen atoms in total. The predicted molar refractivity (Wildman–Crippen MR) is 59.4 cm³/mol. The van der Waals surface area contributed by atoms with Gasteiger partial charge in [-0.25, -0.2) is 0 Å². The molecule has 2 atom stereocenters. The second-order valence-corrected chi connectivity index (χ2v) is 4.15. The fourth-order valence-electron chi connectivity index (χ4n) is 1.72. The summed E-state index contributed by atoms with van der Waals surface area (Å²) in [5.41, 5.74) is 0. The van der Waals surface area contributed by atoms with Crippen LogP contribution in [0.2, 0.25) is 5.02 Å². The van der Waals surface area contributed by atoms with Crippen LogP contribution in [-0.2, 0) is 0 Å². The lowest BCUT2D eigenvalue weighted by molar-refractivity contribution is 0.206. The highest BCUT2D eigenvalue weighted by Crippen LogP contribution is 2.19. The molecule has 0 amide bonds. The number of rotatable bonds is 3. The van der Waals surface area contributed by atoms with Gasteiger partial charge < -0.3 is 15.2 Å². The summed E-state index contributed by atoms with van der Waals surface area (Å²) in [7, 11) is 0. The Morgan fingerprint density at radius 3 is 2.73 bits per heavy atom. The van der Waals surface area contributed by atoms with Crippen molar-refractivity contribution in [2.24, 2.45) is 0 Å². The molecular formula is C11H14ClNO2. The van der Waals surface area contributed by atoms with E-state index in [0.717, 1.165) is 18.7 Å². The van der Waals surface area contributed by atoms with E-state index in [1.165, 1.54) is 0 Å². The number of hydrogen-bond donors (Lipinski definition) is 2. The normalized spacial score (nSPS) is 25.5. The van der Waals surface area contributed by atoms with E-state index in [4.69, 9.17) is 21.4 Å². The lowest BCUT2D eigenvalue weighted by Gasteiger charge is -2.12. The average Bonchev–Trinajstić information content (AvgIpc) is 2.69. The number of ether oxygens (including phenoxy) is 1. The number of aliphatic hydroxyl groups is 1. The first-order valence-corrected chi connectivity index (χ1v) is 5.42. The summed E-state index contributed by atoms with van der Waals surface area (Å²) in [5, 5.41) is 12.8. The molecule has 0 saturated carbocycles. The molecule has 2 N–H and O–H groups in total. The molecular weight excluding hydrogens is 214 g/mol. The van der Waals surface area contributed by atoms with Gasteiger partial charge in [-0.1, -0.05) is 11.6 Å². The van der Waals surface area contributed by atoms with Crippen molar-refractivity contribution in [2.45, 2.75) is 18.6 Å². The van der Waals surface area contributed by atoms with Crippen molar-refractivity contribution >= 4 is 11.6 Å². The Bertz CT molecular complexity index is 315. The molecule has 1 aliphatic rings. The van der Waals surface area contributed by atoms with Gasteiger partial charge in [0.2, 0.25) is 0 Å². The van der Waals surface area contributed by atoms with Gasteiger partial charge in [-0.05, 0) is 24.3 Å². The van der Waals surface area contributed by atoms with Crippen LogP contribution in [0.4, 0.5) is 0 Å². The van der Waals surface area contributed by atoms with E-state index in [-0.39, 0.29) is 18.8 Å². The fourth-order valence-corrected chi connectivity index (χ4v) is 1.84. The summed E-state index contributed by atoms with van der Waals surface area (Å²) in [6, 6.07) is 7.50. The molecule has 1 saturated heterocycles. The maximum atomic E-state index is 8.95. The van der Waals surface area contributed by atoms with Crippen molar-refractivity contribution in [3.8, 4) is 5.75 Å². The molecule has 2 rings (SSSR count). The third kappa shape index (κ3) is 2.84. The number of aliphatic hydroxyl groups excluding tert-OH is 1. The van der Waals surface area contributed by atoms with Crippen LogP contribution in [0.3, 0.4) is 0 Å². The maximum Gasteiger partial charge on any atom is 0.119 e. The van der Waals surface area contributed by atoms with Gasteiger partial charge in [-0.15, -0.1) is 0 Å². The van der Waals surface area contributed by atoms with Crippen molar-refractivity contribution in [1.29, 1.82) is 0 Å². The van der Waals surface area contributed by atoms with Gasteiger partial charge in [-0.3, -0.25) is 0 Å². The Balaban J connectivity index is 1.90. The van der Waals surface area contributed by atoms with E-state index in [1.54, 1.807) is 0 Å². The first kappa shape index (κ1) is 10.7. The molecule has 1 fully saturated rings. The molecule has 0 bridgehead atoms. The van der Waals surface area contributed by atoms with Crippen LogP contribution in [0.5, 0.6) is 5.75 Å². The summed E-state index contributed by atoms with van der Waals surface area (Å²) in [5.74, 6) is 0.824. The van der Waals surface area contributed by atoms with Gasteiger partial charge in [0, 0.05) is 24.0 Å². The quantitative estimate of drug-likeness (QED) is 0.821. The smallest absolute Gasteiger partial charge is 0.119 e. The highest BCUT2D eigenvalue weighted by molar-refractivity contribution is 6.30. The van der Waals surface area contributed by atoms with Crippen LogP contribution >= 0.6 is 11.6 Å². The Morgan fingerprint density at radius 1 is 1.40 bits per heavy atom. The maximum absolute atomic E-state index is 8.95. The van der Waals surface area contributed by atoms with Crippen LogP contribution in [-0.4, -0.2) is 30.4 Å². The fraction of sp³-hybridized carbons (Fsp3) is 0.455. The third-order valence-corrected chi connectivity index (χ3v) is 2.77. The molecule has 15 heavy (non-hydrogen) atoms. The van der Waals surface area contributed by atoms with Crippen LogP contribution < -0.4 is 10.1 Å². The first-order chi connectivity index (χ1) is 7.28. The van der Waals surface area contributed by atoms with Crippen LogP contribution in [0, 0.1) is 0 Å². The third-order valence-electron chi connectivity index (χ3n) is 2.52. The van der Waals surface area contributed by atoms with Crippen molar-refractivity contribution in [3.63, 3.8) is 0 Å².